The molecule has 0 saturated carbocycles. The highest BCUT2D eigenvalue weighted by atomic mass is 28.3. The fraction of sp³-hybridized carbons (Fsp3) is 0.368. The molecule has 0 fully saturated rings. The van der Waals surface area contributed by atoms with Crippen LogP contribution in [-0.4, -0.2) is 14.1 Å². The van der Waals surface area contributed by atoms with Crippen LogP contribution in [0, 0.1) is 0 Å². The van der Waals surface area contributed by atoms with Crippen molar-refractivity contribution >= 4 is 29.8 Å². The molecule has 0 bridgehead atoms. The first-order valence-electron chi connectivity index (χ1n) is 8.14. The number of fused-ring (bicyclic) bond motifs is 2. The van der Waals surface area contributed by atoms with Crippen LogP contribution in [0.15, 0.2) is 48.5 Å². The monoisotopic (exact) mass is 295 g/mol. The van der Waals surface area contributed by atoms with Crippen LogP contribution in [0.4, 0.5) is 11.4 Å². The Hall–Kier alpha value is -1.54. The quantitative estimate of drug-likeness (QED) is 0.769. The number of para-hydroxylation sites is 2. The van der Waals surface area contributed by atoms with Crippen molar-refractivity contribution in [3.8, 4) is 0 Å². The summed E-state index contributed by atoms with van der Waals surface area (Å²) in [5.41, 5.74) is 2.89. The van der Waals surface area contributed by atoms with Gasteiger partial charge in [0.2, 0.25) is 0 Å². The number of rotatable bonds is 3. The van der Waals surface area contributed by atoms with Gasteiger partial charge in [0.05, 0.1) is 0 Å². The third-order valence-electron chi connectivity index (χ3n) is 5.08. The molecule has 1 nitrogen and oxygen atoms in total. The molecule has 1 aliphatic rings. The van der Waals surface area contributed by atoms with Gasteiger partial charge in [-0.2, -0.15) is 0 Å². The number of benzene rings is 2. The molecule has 2 aromatic rings. The van der Waals surface area contributed by atoms with Gasteiger partial charge in [-0.05, 0) is 36.4 Å². The second-order valence-electron chi connectivity index (χ2n) is 6.29. The van der Waals surface area contributed by atoms with Gasteiger partial charge in [0.25, 0.3) is 0 Å². The standard InChI is InChI=1S/C19H25NSi/c1-5-21(6-2)18-13-9-7-11-16(18)20(15(3)4)17-12-8-10-14-19(17)21/h7-15H,5-6H2,1-4H3. The van der Waals surface area contributed by atoms with E-state index >= 15 is 0 Å². The molecule has 1 heterocycles. The lowest BCUT2D eigenvalue weighted by molar-refractivity contribution is 0.790. The summed E-state index contributed by atoms with van der Waals surface area (Å²) in [4.78, 5) is 2.53. The van der Waals surface area contributed by atoms with Crippen molar-refractivity contribution in [3.05, 3.63) is 48.5 Å². The second kappa shape index (κ2) is 5.34. The third-order valence-corrected chi connectivity index (χ3v) is 10.4. The van der Waals surface area contributed by atoms with Gasteiger partial charge in [0.1, 0.15) is 8.07 Å². The zero-order valence-corrected chi connectivity index (χ0v) is 14.6. The predicted molar refractivity (Wildman–Crippen MR) is 96.1 cm³/mol. The first-order chi connectivity index (χ1) is 10.2. The summed E-state index contributed by atoms with van der Waals surface area (Å²) < 4.78 is 0. The molecule has 0 spiro atoms. The number of anilines is 2. The van der Waals surface area contributed by atoms with E-state index in [1.54, 1.807) is 10.4 Å². The van der Waals surface area contributed by atoms with Gasteiger partial charge >= 0.3 is 0 Å². The van der Waals surface area contributed by atoms with E-state index in [0.717, 1.165) is 0 Å². The van der Waals surface area contributed by atoms with Crippen LogP contribution in [0.3, 0.4) is 0 Å². The maximum Gasteiger partial charge on any atom is 0.123 e. The largest absolute Gasteiger partial charge is 0.339 e. The summed E-state index contributed by atoms with van der Waals surface area (Å²) in [6.45, 7) is 9.35. The Morgan fingerprint density at radius 1 is 0.810 bits per heavy atom. The Labute approximate surface area is 129 Å². The molecule has 0 N–H and O–H groups in total. The SMILES string of the molecule is CC[Si]1(CC)c2ccccc2N(C(C)C)c2ccccc21. The lowest BCUT2D eigenvalue weighted by Crippen LogP contribution is -2.63. The van der Waals surface area contributed by atoms with Crippen LogP contribution in [0.25, 0.3) is 0 Å². The lowest BCUT2D eigenvalue weighted by atomic mass is 10.1. The van der Waals surface area contributed by atoms with Crippen LogP contribution in [-0.2, 0) is 0 Å². The fourth-order valence-electron chi connectivity index (χ4n) is 4.02. The molecule has 2 aromatic carbocycles. The van der Waals surface area contributed by atoms with E-state index in [-0.39, 0.29) is 0 Å². The molecule has 110 valence electrons. The highest BCUT2D eigenvalue weighted by Crippen LogP contribution is 2.35. The Morgan fingerprint density at radius 2 is 1.24 bits per heavy atom. The average molecular weight is 296 g/mol. The number of hydrogen-bond acceptors (Lipinski definition) is 1. The normalized spacial score (nSPS) is 15.8. The minimum Gasteiger partial charge on any atom is -0.339 e. The first-order valence-corrected chi connectivity index (χ1v) is 10.6. The molecular formula is C19H25NSi. The highest BCUT2D eigenvalue weighted by Gasteiger charge is 2.42. The van der Waals surface area contributed by atoms with E-state index in [9.17, 15) is 0 Å². The van der Waals surface area contributed by atoms with Gasteiger partial charge in [-0.1, -0.05) is 62.3 Å². The topological polar surface area (TPSA) is 3.24 Å². The molecule has 3 rings (SSSR count). The molecule has 0 saturated heterocycles. The van der Waals surface area contributed by atoms with Gasteiger partial charge in [-0.3, -0.25) is 0 Å². The predicted octanol–water partition coefficient (Wildman–Crippen LogP) is 4.15. The Kier molecular flexibility index (Phi) is 3.66. The summed E-state index contributed by atoms with van der Waals surface area (Å²) in [5, 5.41) is 3.25. The average Bonchev–Trinajstić information content (AvgIpc) is 2.52. The highest BCUT2D eigenvalue weighted by molar-refractivity contribution is 7.04. The molecule has 0 amide bonds. The Bertz CT molecular complexity index is 594. The Morgan fingerprint density at radius 3 is 1.62 bits per heavy atom. The minimum atomic E-state index is -1.60. The van der Waals surface area contributed by atoms with Crippen molar-refractivity contribution in [3.63, 3.8) is 0 Å². The fourth-order valence-corrected chi connectivity index (χ4v) is 8.55. The summed E-state index contributed by atoms with van der Waals surface area (Å²) in [6, 6.07) is 21.3. The molecule has 21 heavy (non-hydrogen) atoms. The van der Waals surface area contributed by atoms with Crippen molar-refractivity contribution in [2.45, 2.75) is 45.8 Å². The van der Waals surface area contributed by atoms with E-state index in [4.69, 9.17) is 0 Å². The van der Waals surface area contributed by atoms with Crippen LogP contribution in [0.1, 0.15) is 27.7 Å². The molecule has 0 aromatic heterocycles. The van der Waals surface area contributed by atoms with Gasteiger partial charge < -0.3 is 4.90 Å². The van der Waals surface area contributed by atoms with Gasteiger partial charge in [0, 0.05) is 17.4 Å². The van der Waals surface area contributed by atoms with Gasteiger partial charge in [-0.25, -0.2) is 0 Å². The Balaban J connectivity index is 2.36. The smallest absolute Gasteiger partial charge is 0.123 e. The summed E-state index contributed by atoms with van der Waals surface area (Å²) in [5.74, 6) is 0. The molecule has 0 radical (unpaired) electrons. The summed E-state index contributed by atoms with van der Waals surface area (Å²) in [7, 11) is -1.60. The van der Waals surface area contributed by atoms with Gasteiger partial charge in [-0.15, -0.1) is 0 Å². The van der Waals surface area contributed by atoms with E-state index in [2.05, 4.69) is 81.1 Å². The molecule has 2 heteroatoms. The molecule has 1 aliphatic heterocycles. The van der Waals surface area contributed by atoms with Gasteiger partial charge in [0.15, 0.2) is 0 Å². The minimum absolute atomic E-state index is 0.480. The van der Waals surface area contributed by atoms with Crippen molar-refractivity contribution in [2.75, 3.05) is 4.90 Å². The second-order valence-corrected chi connectivity index (χ2v) is 10.9. The van der Waals surface area contributed by atoms with Crippen molar-refractivity contribution in [2.24, 2.45) is 0 Å². The van der Waals surface area contributed by atoms with Crippen LogP contribution < -0.4 is 15.3 Å². The van der Waals surface area contributed by atoms with Crippen LogP contribution in [0.2, 0.25) is 12.1 Å². The molecular weight excluding hydrogens is 270 g/mol. The van der Waals surface area contributed by atoms with E-state index in [1.807, 2.05) is 0 Å². The number of hydrogen-bond donors (Lipinski definition) is 0. The van der Waals surface area contributed by atoms with E-state index in [0.29, 0.717) is 6.04 Å². The lowest BCUT2D eigenvalue weighted by Gasteiger charge is -2.45. The van der Waals surface area contributed by atoms with E-state index in [1.165, 1.54) is 23.5 Å². The molecule has 0 unspecified atom stereocenters. The molecule has 0 aliphatic carbocycles. The molecule has 0 atom stereocenters. The van der Waals surface area contributed by atoms with Crippen LogP contribution >= 0.6 is 0 Å². The maximum absolute atomic E-state index is 2.53. The summed E-state index contributed by atoms with van der Waals surface area (Å²) >= 11 is 0. The van der Waals surface area contributed by atoms with Crippen LogP contribution in [0.5, 0.6) is 0 Å². The summed E-state index contributed by atoms with van der Waals surface area (Å²) in [6.07, 6.45) is 0. The van der Waals surface area contributed by atoms with Crippen molar-refractivity contribution in [1.82, 2.24) is 0 Å². The van der Waals surface area contributed by atoms with Crippen molar-refractivity contribution in [1.29, 1.82) is 0 Å². The number of nitrogens with zero attached hydrogens (tertiary/aromatic N) is 1. The first kappa shape index (κ1) is 14.4. The third kappa shape index (κ3) is 1.96. The zero-order chi connectivity index (χ0) is 15.0. The van der Waals surface area contributed by atoms with E-state index < -0.39 is 8.07 Å². The zero-order valence-electron chi connectivity index (χ0n) is 13.6. The van der Waals surface area contributed by atoms with Crippen molar-refractivity contribution < 1.29 is 0 Å². The maximum atomic E-state index is 2.53.